The van der Waals surface area contributed by atoms with Gasteiger partial charge in [-0.05, 0) is 48.5 Å². The first-order valence-corrected chi connectivity index (χ1v) is 8.10. The Balaban J connectivity index is 2.12. The van der Waals surface area contributed by atoms with Crippen LogP contribution in [0.1, 0.15) is 10.4 Å². The lowest BCUT2D eigenvalue weighted by atomic mass is 10.2. The van der Waals surface area contributed by atoms with E-state index in [2.05, 4.69) is 9.46 Å². The molecule has 0 aliphatic heterocycles. The van der Waals surface area contributed by atoms with E-state index >= 15 is 0 Å². The summed E-state index contributed by atoms with van der Waals surface area (Å²) in [5, 5.41) is 0. The Bertz CT molecular complexity index is 848. The Hall–Kier alpha value is -2.94. The van der Waals surface area contributed by atoms with E-state index in [4.69, 9.17) is 5.73 Å². The molecule has 0 unspecified atom stereocenters. The average Bonchev–Trinajstić information content (AvgIpc) is 2.54. The highest BCUT2D eigenvalue weighted by Crippen LogP contribution is 2.17. The lowest BCUT2D eigenvalue weighted by Crippen LogP contribution is -2.21. The summed E-state index contributed by atoms with van der Waals surface area (Å²) in [6, 6.07) is 9.68. The van der Waals surface area contributed by atoms with E-state index in [0.717, 1.165) is 12.1 Å². The number of carbonyl (C=O) groups excluding carboxylic acids is 2. The normalized spacial score (nSPS) is 10.9. The van der Waals surface area contributed by atoms with E-state index in [9.17, 15) is 22.4 Å². The van der Waals surface area contributed by atoms with E-state index in [1.165, 1.54) is 36.4 Å². The minimum Gasteiger partial charge on any atom is -0.452 e. The molecule has 2 aromatic carbocycles. The van der Waals surface area contributed by atoms with Crippen molar-refractivity contribution in [1.29, 1.82) is 0 Å². The van der Waals surface area contributed by atoms with Gasteiger partial charge in [-0.15, -0.1) is 0 Å². The van der Waals surface area contributed by atoms with E-state index in [0.29, 0.717) is 0 Å². The fourth-order valence-corrected chi connectivity index (χ4v) is 2.78. The zero-order valence-corrected chi connectivity index (χ0v) is 13.0. The lowest BCUT2D eigenvalue weighted by Gasteiger charge is -2.08. The number of ether oxygens (including phenoxy) is 1. The number of hydrogen-bond acceptors (Lipinski definition) is 5. The predicted molar refractivity (Wildman–Crippen MR) is 83.1 cm³/mol. The average molecular weight is 352 g/mol. The predicted octanol–water partition coefficient (Wildman–Crippen LogP) is 1.27. The van der Waals surface area contributed by atoms with Gasteiger partial charge in [-0.1, -0.05) is 0 Å². The van der Waals surface area contributed by atoms with E-state index in [1.807, 2.05) is 0 Å². The Morgan fingerprint density at radius 2 is 1.62 bits per heavy atom. The number of anilines is 1. The topological polar surface area (TPSA) is 116 Å². The van der Waals surface area contributed by atoms with Crippen LogP contribution in [-0.4, -0.2) is 26.9 Å². The summed E-state index contributed by atoms with van der Waals surface area (Å²) < 4.78 is 44.1. The largest absolute Gasteiger partial charge is 0.452 e. The highest BCUT2D eigenvalue weighted by molar-refractivity contribution is 7.92. The molecule has 0 spiro atoms. The summed E-state index contributed by atoms with van der Waals surface area (Å²) in [6.45, 7) is -0.564. The molecule has 0 saturated carbocycles. The molecule has 3 N–H and O–H groups in total. The van der Waals surface area contributed by atoms with Gasteiger partial charge in [0, 0.05) is 5.69 Å². The molecule has 0 aromatic heterocycles. The van der Waals surface area contributed by atoms with Crippen molar-refractivity contribution in [3.8, 4) is 0 Å². The van der Waals surface area contributed by atoms with Gasteiger partial charge in [-0.25, -0.2) is 17.6 Å². The standard InChI is InChI=1S/C15H13FN2O5S/c16-11-3-5-12(6-4-11)18-24(21,22)13-7-1-10(2-8-13)15(20)23-9-14(17)19/h1-8,18H,9H2,(H2,17,19). The van der Waals surface area contributed by atoms with Crippen LogP contribution in [0.25, 0.3) is 0 Å². The van der Waals surface area contributed by atoms with Crippen LogP contribution in [0.4, 0.5) is 10.1 Å². The molecule has 126 valence electrons. The van der Waals surface area contributed by atoms with Crippen LogP contribution in [0.3, 0.4) is 0 Å². The molecule has 24 heavy (non-hydrogen) atoms. The summed E-state index contributed by atoms with van der Waals surface area (Å²) in [4.78, 5) is 22.1. The Kier molecular flexibility index (Phi) is 5.14. The van der Waals surface area contributed by atoms with Crippen LogP contribution in [0.5, 0.6) is 0 Å². The van der Waals surface area contributed by atoms with Gasteiger partial charge in [-0.2, -0.15) is 0 Å². The first kappa shape index (κ1) is 17.4. The smallest absolute Gasteiger partial charge is 0.338 e. The molecule has 7 nitrogen and oxygen atoms in total. The van der Waals surface area contributed by atoms with Crippen LogP contribution in [-0.2, 0) is 19.6 Å². The van der Waals surface area contributed by atoms with Crippen LogP contribution >= 0.6 is 0 Å². The van der Waals surface area contributed by atoms with Crippen LogP contribution in [0.2, 0.25) is 0 Å². The Morgan fingerprint density at radius 3 is 2.17 bits per heavy atom. The molecular weight excluding hydrogens is 339 g/mol. The van der Waals surface area contributed by atoms with Crippen molar-refractivity contribution < 1.29 is 27.1 Å². The van der Waals surface area contributed by atoms with Gasteiger partial charge in [0.1, 0.15) is 5.82 Å². The molecule has 0 radical (unpaired) electrons. The second kappa shape index (κ2) is 7.09. The summed E-state index contributed by atoms with van der Waals surface area (Å²) in [6.07, 6.45) is 0. The van der Waals surface area contributed by atoms with Gasteiger partial charge in [0.15, 0.2) is 6.61 Å². The summed E-state index contributed by atoms with van der Waals surface area (Å²) >= 11 is 0. The van der Waals surface area contributed by atoms with Crippen molar-refractivity contribution in [2.45, 2.75) is 4.90 Å². The SMILES string of the molecule is NC(=O)COC(=O)c1ccc(S(=O)(=O)Nc2ccc(F)cc2)cc1. The molecule has 9 heteroatoms. The monoisotopic (exact) mass is 352 g/mol. The Labute approximate surface area is 137 Å². The van der Waals surface area contributed by atoms with Gasteiger partial charge in [0.05, 0.1) is 10.5 Å². The number of nitrogens with one attached hydrogen (secondary N) is 1. The highest BCUT2D eigenvalue weighted by Gasteiger charge is 2.16. The fourth-order valence-electron chi connectivity index (χ4n) is 1.72. The molecule has 0 atom stereocenters. The number of rotatable bonds is 6. The van der Waals surface area contributed by atoms with Crippen molar-refractivity contribution >= 4 is 27.6 Å². The first-order chi connectivity index (χ1) is 11.3. The maximum Gasteiger partial charge on any atom is 0.338 e. The second-order valence-electron chi connectivity index (χ2n) is 4.68. The quantitative estimate of drug-likeness (QED) is 0.760. The number of halogens is 1. The zero-order chi connectivity index (χ0) is 17.7. The number of amides is 1. The molecule has 0 bridgehead atoms. The molecule has 0 fully saturated rings. The third-order valence-corrected chi connectivity index (χ3v) is 4.24. The van der Waals surface area contributed by atoms with Crippen molar-refractivity contribution in [3.05, 3.63) is 59.9 Å². The van der Waals surface area contributed by atoms with Crippen LogP contribution in [0, 0.1) is 5.82 Å². The van der Waals surface area contributed by atoms with Gasteiger partial charge in [-0.3, -0.25) is 9.52 Å². The summed E-state index contributed by atoms with van der Waals surface area (Å²) in [5.41, 5.74) is 5.12. The fraction of sp³-hybridized carbons (Fsp3) is 0.0667. The molecule has 2 rings (SSSR count). The maximum absolute atomic E-state index is 12.8. The molecule has 0 heterocycles. The molecule has 2 aromatic rings. The number of hydrogen-bond donors (Lipinski definition) is 2. The molecule has 0 saturated heterocycles. The number of benzene rings is 2. The molecular formula is C15H13FN2O5S. The van der Waals surface area contributed by atoms with Gasteiger partial charge >= 0.3 is 5.97 Å². The minimum absolute atomic E-state index is 0.0667. The van der Waals surface area contributed by atoms with Gasteiger partial charge in [0.2, 0.25) is 0 Å². The first-order valence-electron chi connectivity index (χ1n) is 6.62. The number of sulfonamides is 1. The molecule has 0 aliphatic rings. The second-order valence-corrected chi connectivity index (χ2v) is 6.36. The van der Waals surface area contributed by atoms with Crippen molar-refractivity contribution in [2.75, 3.05) is 11.3 Å². The number of esters is 1. The number of primary amides is 1. The molecule has 0 aliphatic carbocycles. The van der Waals surface area contributed by atoms with E-state index in [-0.39, 0.29) is 16.1 Å². The van der Waals surface area contributed by atoms with Crippen LogP contribution in [0.15, 0.2) is 53.4 Å². The zero-order valence-electron chi connectivity index (χ0n) is 12.2. The summed E-state index contributed by atoms with van der Waals surface area (Å²) in [5.74, 6) is -2.09. The third kappa shape index (κ3) is 4.53. The maximum atomic E-state index is 12.8. The van der Waals surface area contributed by atoms with E-state index in [1.54, 1.807) is 0 Å². The minimum atomic E-state index is -3.89. The van der Waals surface area contributed by atoms with E-state index < -0.39 is 34.3 Å². The van der Waals surface area contributed by atoms with Crippen molar-refractivity contribution in [3.63, 3.8) is 0 Å². The van der Waals surface area contributed by atoms with Crippen molar-refractivity contribution in [1.82, 2.24) is 0 Å². The Morgan fingerprint density at radius 1 is 1.04 bits per heavy atom. The van der Waals surface area contributed by atoms with Gasteiger partial charge in [0.25, 0.3) is 15.9 Å². The van der Waals surface area contributed by atoms with Crippen LogP contribution < -0.4 is 10.5 Å². The molecule has 1 amide bonds. The number of carbonyl (C=O) groups is 2. The number of nitrogens with two attached hydrogens (primary N) is 1. The summed E-state index contributed by atoms with van der Waals surface area (Å²) in [7, 11) is -3.89. The highest BCUT2D eigenvalue weighted by atomic mass is 32.2. The van der Waals surface area contributed by atoms with Crippen molar-refractivity contribution in [2.24, 2.45) is 5.73 Å². The lowest BCUT2D eigenvalue weighted by molar-refractivity contribution is -0.121. The third-order valence-electron chi connectivity index (χ3n) is 2.84. The van der Waals surface area contributed by atoms with Gasteiger partial charge < -0.3 is 10.5 Å².